The number of H-pyrrole nitrogens is 1. The van der Waals surface area contributed by atoms with Crippen LogP contribution in [0.25, 0.3) is 0 Å². The molecule has 1 saturated heterocycles. The summed E-state index contributed by atoms with van der Waals surface area (Å²) in [6.07, 6.45) is 10.2. The van der Waals surface area contributed by atoms with Gasteiger partial charge in [-0.3, -0.25) is 19.4 Å². The highest BCUT2D eigenvalue weighted by molar-refractivity contribution is 6.00. The molecule has 0 spiro atoms. The number of allylic oxidation sites excluding steroid dienone is 3. The number of aliphatic hydroxyl groups is 5. The van der Waals surface area contributed by atoms with E-state index in [1.807, 2.05) is 25.4 Å². The lowest BCUT2D eigenvalue weighted by Crippen LogP contribution is -2.65. The van der Waals surface area contributed by atoms with E-state index >= 15 is 4.79 Å². The van der Waals surface area contributed by atoms with Gasteiger partial charge in [-0.05, 0) is 167 Å². The van der Waals surface area contributed by atoms with E-state index < -0.39 is 69.9 Å². The zero-order valence-electron chi connectivity index (χ0n) is 41.9. The quantitative estimate of drug-likeness (QED) is 0.0568. The minimum Gasteiger partial charge on any atom is -0.465 e. The molecule has 70 heavy (non-hydrogen) atoms. The first-order chi connectivity index (χ1) is 33.2. The van der Waals surface area contributed by atoms with Crippen LogP contribution in [0, 0.1) is 99.6 Å². The van der Waals surface area contributed by atoms with Crippen LogP contribution in [0.5, 0.6) is 0 Å². The summed E-state index contributed by atoms with van der Waals surface area (Å²) in [6, 6.07) is 1.97. The van der Waals surface area contributed by atoms with Gasteiger partial charge in [0, 0.05) is 54.4 Å². The van der Waals surface area contributed by atoms with Gasteiger partial charge in [-0.25, -0.2) is 0 Å². The average molecular weight is 966 g/mol. The van der Waals surface area contributed by atoms with E-state index in [0.717, 1.165) is 31.2 Å². The van der Waals surface area contributed by atoms with E-state index in [0.29, 0.717) is 42.6 Å². The summed E-state index contributed by atoms with van der Waals surface area (Å²) in [5.41, 5.74) is 9.44. The second kappa shape index (κ2) is 18.2. The molecular formula is C56H79N5O9. The van der Waals surface area contributed by atoms with Crippen molar-refractivity contribution in [2.24, 2.45) is 104 Å². The number of carbonyl (C=O) groups is 3. The summed E-state index contributed by atoms with van der Waals surface area (Å²) < 4.78 is 6.00. The Balaban J connectivity index is 1.16. The minimum absolute atomic E-state index is 0.0105. The van der Waals surface area contributed by atoms with Crippen LogP contribution in [0.3, 0.4) is 0 Å². The normalized spacial score (nSPS) is 47.5. The van der Waals surface area contributed by atoms with Crippen LogP contribution in [0.1, 0.15) is 130 Å². The molecule has 21 unspecified atom stereocenters. The Bertz CT molecular complexity index is 2380. The number of guanidine groups is 1. The van der Waals surface area contributed by atoms with E-state index in [4.69, 9.17) is 16.2 Å². The third-order valence-corrected chi connectivity index (χ3v) is 20.9. The number of cyclic esters (lactones) is 1. The molecule has 8 aliphatic carbocycles. The number of carbonyl (C=O) groups excluding carboxylic acids is 3. The zero-order valence-corrected chi connectivity index (χ0v) is 41.9. The van der Waals surface area contributed by atoms with Gasteiger partial charge in [0.2, 0.25) is 0 Å². The molecule has 11 N–H and O–H groups in total. The zero-order chi connectivity index (χ0) is 49.8. The third-order valence-electron chi connectivity index (χ3n) is 20.9. The molecule has 0 aromatic carbocycles. The highest BCUT2D eigenvalue weighted by Crippen LogP contribution is 2.72. The molecule has 1 aliphatic heterocycles. The molecule has 10 rings (SSSR count). The van der Waals surface area contributed by atoms with Gasteiger partial charge in [0.15, 0.2) is 11.7 Å². The number of nitrogens with two attached hydrogens (primary N) is 2. The molecule has 0 amide bonds. The number of aliphatic hydroxyl groups excluding tert-OH is 3. The number of hydrogen-bond donors (Lipinski definition) is 9. The SMILES string of the molecule is CC(=O)CNC1=C2C(CCC3(CCN=C(N)N)C4C(CC#CC(C5COC(=O)C5c5cc[nH]c5)C5CCC6C=C7CCC(C)CC7C5C6C(C)CC(O)C4(C)O)CC23O)C2(C)CC(O)C(O)CC2C1=O. The number of rotatable bonds is 8. The molecule has 2 heterocycles. The van der Waals surface area contributed by atoms with Crippen LogP contribution in [0.2, 0.25) is 0 Å². The van der Waals surface area contributed by atoms with E-state index in [1.165, 1.54) is 13.3 Å². The molecular weight excluding hydrogens is 887 g/mol. The van der Waals surface area contributed by atoms with Crippen LogP contribution in [0.15, 0.2) is 46.4 Å². The predicted molar refractivity (Wildman–Crippen MR) is 263 cm³/mol. The molecule has 9 aliphatic rings. The molecule has 5 saturated carbocycles. The molecule has 1 aromatic heterocycles. The number of aromatic amines is 1. The number of aromatic nitrogens is 1. The Kier molecular flexibility index (Phi) is 12.9. The number of esters is 1. The van der Waals surface area contributed by atoms with Crippen molar-refractivity contribution in [1.29, 1.82) is 0 Å². The Hall–Kier alpha value is -4.00. The highest BCUT2D eigenvalue weighted by Gasteiger charge is 2.74. The fraction of sp³-hybridized carbons (Fsp3) is 0.750. The average Bonchev–Trinajstić information content (AvgIpc) is 4.02. The van der Waals surface area contributed by atoms with Gasteiger partial charge in [-0.2, -0.15) is 0 Å². The fourth-order valence-electron chi connectivity index (χ4n) is 18.1. The van der Waals surface area contributed by atoms with Crippen LogP contribution in [-0.2, 0) is 19.1 Å². The maximum absolute atomic E-state index is 15.1. The second-order valence-corrected chi connectivity index (χ2v) is 24.7. The highest BCUT2D eigenvalue weighted by atomic mass is 16.5. The predicted octanol–water partition coefficient (Wildman–Crippen LogP) is 4.65. The smallest absolute Gasteiger partial charge is 0.313 e. The van der Waals surface area contributed by atoms with Crippen LogP contribution in [0.4, 0.5) is 0 Å². The summed E-state index contributed by atoms with van der Waals surface area (Å²) >= 11 is 0. The summed E-state index contributed by atoms with van der Waals surface area (Å²) in [4.78, 5) is 49.3. The number of hydrogen-bond acceptors (Lipinski definition) is 11. The van der Waals surface area contributed by atoms with Crippen LogP contribution < -0.4 is 16.8 Å². The number of aliphatic imine (C=N–C) groups is 1. The second-order valence-electron chi connectivity index (χ2n) is 24.7. The summed E-state index contributed by atoms with van der Waals surface area (Å²) in [7, 11) is 0. The molecule has 21 atom stereocenters. The number of ether oxygens (including phenoxy) is 1. The van der Waals surface area contributed by atoms with E-state index in [-0.39, 0.29) is 117 Å². The van der Waals surface area contributed by atoms with Crippen molar-refractivity contribution in [1.82, 2.24) is 10.3 Å². The maximum Gasteiger partial charge on any atom is 0.313 e. The number of Topliss-reactive ketones (excluding diaryl/α,β-unsaturated/α-hetero) is 2. The monoisotopic (exact) mass is 966 g/mol. The molecule has 6 fully saturated rings. The Morgan fingerprint density at radius 3 is 2.50 bits per heavy atom. The van der Waals surface area contributed by atoms with Gasteiger partial charge in [0.05, 0.1) is 54.3 Å². The summed E-state index contributed by atoms with van der Waals surface area (Å²) in [5, 5.41) is 66.3. The van der Waals surface area contributed by atoms with Gasteiger partial charge in [-0.1, -0.05) is 38.3 Å². The number of nitrogens with one attached hydrogen (secondary N) is 2. The molecule has 14 nitrogen and oxygen atoms in total. The van der Waals surface area contributed by atoms with E-state index in [1.54, 1.807) is 12.5 Å². The third kappa shape index (κ3) is 7.75. The number of ketones is 2. The minimum atomic E-state index is -1.79. The van der Waals surface area contributed by atoms with Gasteiger partial charge < -0.3 is 52.0 Å². The standard InChI is InChI=1S/C56H79N5O9/c1-28-9-10-31-21-32-11-12-36-35(38-27-70-51(67)45(38)34-14-17-59-26-34)8-6-7-33-23-56(69)47-39(53(4)24-42(64)41(63)22-40(53)49(66)48(47)61-25-30(3)62)13-15-55(56,16-18-60-52(57)58)50(33)54(5,68)43(65)20-29(2)44(32)46(36)37(31)19-28/h14,17,21,26,28-29,32-33,35-46,50,59,61,63-65,68-69H,7,9-13,15-16,18-20,22-25,27H2,1-5H3,(H4,57,58,60). The van der Waals surface area contributed by atoms with Gasteiger partial charge in [0.25, 0.3) is 0 Å². The van der Waals surface area contributed by atoms with Crippen molar-refractivity contribution in [3.8, 4) is 11.8 Å². The fourth-order valence-corrected chi connectivity index (χ4v) is 18.1. The lowest BCUT2D eigenvalue weighted by atomic mass is 9.44. The van der Waals surface area contributed by atoms with Crippen molar-refractivity contribution in [3.63, 3.8) is 0 Å². The first-order valence-electron chi connectivity index (χ1n) is 26.8. The van der Waals surface area contributed by atoms with Gasteiger partial charge >= 0.3 is 5.97 Å². The molecule has 0 radical (unpaired) electrons. The molecule has 1 aromatic rings. The lowest BCUT2D eigenvalue weighted by molar-refractivity contribution is -0.190. The van der Waals surface area contributed by atoms with Gasteiger partial charge in [-0.15, -0.1) is 5.92 Å². The summed E-state index contributed by atoms with van der Waals surface area (Å²) in [5.74, 6) is 5.32. The summed E-state index contributed by atoms with van der Waals surface area (Å²) in [6.45, 7) is 9.99. The first-order valence-corrected chi connectivity index (χ1v) is 26.8. The Morgan fingerprint density at radius 1 is 0.986 bits per heavy atom. The largest absolute Gasteiger partial charge is 0.465 e. The molecule has 382 valence electrons. The van der Waals surface area contributed by atoms with E-state index in [2.05, 4.69) is 47.1 Å². The number of fused-ring (bicyclic) bond motifs is 8. The van der Waals surface area contributed by atoms with Crippen LogP contribution >= 0.6 is 0 Å². The molecule has 4 bridgehead atoms. The topological polar surface area (TPSA) is 254 Å². The van der Waals surface area contributed by atoms with Crippen molar-refractivity contribution in [2.45, 2.75) is 154 Å². The molecule has 14 heteroatoms. The van der Waals surface area contributed by atoms with Gasteiger partial charge in [0.1, 0.15) is 5.78 Å². The van der Waals surface area contributed by atoms with Crippen molar-refractivity contribution < 1.29 is 44.7 Å². The van der Waals surface area contributed by atoms with Crippen molar-refractivity contribution in [2.75, 3.05) is 19.7 Å². The Morgan fingerprint density at radius 2 is 1.77 bits per heavy atom. The number of nitrogens with zero attached hydrogens (tertiary/aromatic N) is 1. The Labute approximate surface area is 413 Å². The van der Waals surface area contributed by atoms with Crippen molar-refractivity contribution >= 4 is 23.5 Å². The van der Waals surface area contributed by atoms with Crippen molar-refractivity contribution in [3.05, 3.63) is 46.9 Å². The van der Waals surface area contributed by atoms with E-state index in [9.17, 15) is 35.1 Å². The first kappa shape index (κ1) is 49.6. The lowest BCUT2D eigenvalue weighted by Gasteiger charge is -2.62. The maximum atomic E-state index is 15.1. The van der Waals surface area contributed by atoms with Crippen LogP contribution in [-0.4, -0.2) is 103 Å².